The molecular weight excluding hydrogens is 342 g/mol. The molecule has 1 aliphatic rings. The van der Waals surface area contributed by atoms with Crippen LogP contribution in [0.15, 0.2) is 48.9 Å². The lowest BCUT2D eigenvalue weighted by Gasteiger charge is -2.14. The summed E-state index contributed by atoms with van der Waals surface area (Å²) in [6, 6.07) is 9.87. The summed E-state index contributed by atoms with van der Waals surface area (Å²) < 4.78 is 5.07. The molecule has 0 aliphatic carbocycles. The molecule has 7 nitrogen and oxygen atoms in total. The van der Waals surface area contributed by atoms with Crippen LogP contribution in [-0.2, 0) is 4.74 Å². The minimum absolute atomic E-state index is 0.188. The molecule has 27 heavy (non-hydrogen) atoms. The Balaban J connectivity index is 1.46. The zero-order chi connectivity index (χ0) is 18.6. The first-order valence-corrected chi connectivity index (χ1v) is 9.09. The molecule has 7 heteroatoms. The molecule has 0 spiro atoms. The summed E-state index contributed by atoms with van der Waals surface area (Å²) in [5, 5.41) is 0. The van der Waals surface area contributed by atoms with Crippen molar-refractivity contribution < 1.29 is 9.53 Å². The zero-order valence-electron chi connectivity index (χ0n) is 15.1. The Morgan fingerprint density at radius 3 is 2.67 bits per heavy atom. The van der Waals surface area contributed by atoms with Crippen molar-refractivity contribution in [1.29, 1.82) is 0 Å². The number of aromatic amines is 1. The van der Waals surface area contributed by atoms with Crippen LogP contribution in [0.25, 0.3) is 22.6 Å². The highest BCUT2D eigenvalue weighted by atomic mass is 16.6. The van der Waals surface area contributed by atoms with Crippen molar-refractivity contribution >= 4 is 6.09 Å². The number of likely N-dealkylation sites (tertiary alicyclic amines) is 1. The first-order valence-electron chi connectivity index (χ1n) is 9.09. The van der Waals surface area contributed by atoms with Crippen molar-refractivity contribution in [2.45, 2.75) is 19.3 Å². The molecule has 138 valence electrons. The zero-order valence-corrected chi connectivity index (χ0v) is 15.1. The van der Waals surface area contributed by atoms with Gasteiger partial charge in [0, 0.05) is 42.5 Å². The summed E-state index contributed by atoms with van der Waals surface area (Å²) in [6.07, 6.45) is 6.01. The van der Waals surface area contributed by atoms with E-state index in [9.17, 15) is 4.79 Å². The summed E-state index contributed by atoms with van der Waals surface area (Å²) in [5.41, 5.74) is 2.74. The molecular formula is C20H21N5O2. The SMILES string of the molecule is CCOC(=O)N1CC[C@H](c2ncc(-c3cnc(-c4ccccc4)nc3)[nH]2)C1. The molecule has 1 aliphatic heterocycles. The highest BCUT2D eigenvalue weighted by Crippen LogP contribution is 2.27. The average Bonchev–Trinajstić information content (AvgIpc) is 3.39. The van der Waals surface area contributed by atoms with Gasteiger partial charge in [-0.15, -0.1) is 0 Å². The third-order valence-electron chi connectivity index (χ3n) is 4.69. The Morgan fingerprint density at radius 1 is 1.15 bits per heavy atom. The molecule has 1 aromatic carbocycles. The monoisotopic (exact) mass is 363 g/mol. The van der Waals surface area contributed by atoms with Crippen LogP contribution in [0.4, 0.5) is 4.79 Å². The van der Waals surface area contributed by atoms with Gasteiger partial charge in [-0.1, -0.05) is 30.3 Å². The van der Waals surface area contributed by atoms with E-state index in [1.807, 2.05) is 37.3 Å². The van der Waals surface area contributed by atoms with Gasteiger partial charge in [0.05, 0.1) is 18.5 Å². The van der Waals surface area contributed by atoms with Crippen LogP contribution >= 0.6 is 0 Å². The molecule has 1 N–H and O–H groups in total. The smallest absolute Gasteiger partial charge is 0.409 e. The lowest BCUT2D eigenvalue weighted by atomic mass is 10.1. The van der Waals surface area contributed by atoms with E-state index in [0.717, 1.165) is 29.1 Å². The maximum atomic E-state index is 11.9. The molecule has 0 saturated carbocycles. The number of amides is 1. The van der Waals surface area contributed by atoms with Crippen molar-refractivity contribution in [1.82, 2.24) is 24.8 Å². The number of carbonyl (C=O) groups excluding carboxylic acids is 1. The average molecular weight is 363 g/mol. The van der Waals surface area contributed by atoms with Crippen LogP contribution < -0.4 is 0 Å². The van der Waals surface area contributed by atoms with Crippen molar-refractivity contribution in [2.24, 2.45) is 0 Å². The van der Waals surface area contributed by atoms with Crippen LogP contribution in [0.1, 0.15) is 25.1 Å². The maximum absolute atomic E-state index is 11.9. The van der Waals surface area contributed by atoms with Gasteiger partial charge >= 0.3 is 6.09 Å². The number of nitrogens with one attached hydrogen (secondary N) is 1. The van der Waals surface area contributed by atoms with E-state index in [2.05, 4.69) is 19.9 Å². The fourth-order valence-corrected chi connectivity index (χ4v) is 3.26. The molecule has 1 atom stereocenters. The van der Waals surface area contributed by atoms with E-state index in [1.165, 1.54) is 0 Å². The summed E-state index contributed by atoms with van der Waals surface area (Å²) in [6.45, 7) is 3.52. The van der Waals surface area contributed by atoms with Gasteiger partial charge < -0.3 is 14.6 Å². The lowest BCUT2D eigenvalue weighted by Crippen LogP contribution is -2.29. The number of rotatable bonds is 4. The van der Waals surface area contributed by atoms with Crippen LogP contribution in [0.5, 0.6) is 0 Å². The summed E-state index contributed by atoms with van der Waals surface area (Å²) >= 11 is 0. The Labute approximate surface area is 157 Å². The van der Waals surface area contributed by atoms with Crippen LogP contribution in [0.2, 0.25) is 0 Å². The predicted octanol–water partition coefficient (Wildman–Crippen LogP) is 3.48. The number of H-pyrrole nitrogens is 1. The molecule has 1 amide bonds. The predicted molar refractivity (Wildman–Crippen MR) is 101 cm³/mol. The van der Waals surface area contributed by atoms with Crippen LogP contribution in [0.3, 0.4) is 0 Å². The Bertz CT molecular complexity index is 908. The second kappa shape index (κ2) is 7.57. The molecule has 4 rings (SSSR count). The van der Waals surface area contributed by atoms with Gasteiger partial charge in [-0.3, -0.25) is 0 Å². The van der Waals surface area contributed by atoms with Crippen molar-refractivity contribution in [3.8, 4) is 22.6 Å². The molecule has 3 heterocycles. The number of benzene rings is 1. The fourth-order valence-electron chi connectivity index (χ4n) is 3.26. The molecule has 0 unspecified atom stereocenters. The molecule has 3 aromatic rings. The van der Waals surface area contributed by atoms with E-state index < -0.39 is 0 Å². The number of hydrogen-bond acceptors (Lipinski definition) is 5. The van der Waals surface area contributed by atoms with Crippen LogP contribution in [0, 0.1) is 0 Å². The minimum Gasteiger partial charge on any atom is -0.450 e. The van der Waals surface area contributed by atoms with E-state index in [-0.39, 0.29) is 12.0 Å². The van der Waals surface area contributed by atoms with Crippen LogP contribution in [-0.4, -0.2) is 50.6 Å². The standard InChI is InChI=1S/C20H21N5O2/c1-2-27-20(26)25-9-8-15(13-25)19-23-12-17(24-19)16-10-21-18(22-11-16)14-6-4-3-5-7-14/h3-7,10-12,15H,2,8-9,13H2,1H3,(H,23,24)/t15-/m0/s1. The molecule has 0 bridgehead atoms. The minimum atomic E-state index is -0.253. The maximum Gasteiger partial charge on any atom is 0.409 e. The topological polar surface area (TPSA) is 84.0 Å². The second-order valence-corrected chi connectivity index (χ2v) is 6.47. The Morgan fingerprint density at radius 2 is 1.93 bits per heavy atom. The number of ether oxygens (including phenoxy) is 1. The molecule has 2 aromatic heterocycles. The highest BCUT2D eigenvalue weighted by Gasteiger charge is 2.29. The van der Waals surface area contributed by atoms with Crippen molar-refractivity contribution in [2.75, 3.05) is 19.7 Å². The third kappa shape index (κ3) is 3.67. The number of aromatic nitrogens is 4. The van der Waals surface area contributed by atoms with E-state index in [1.54, 1.807) is 23.5 Å². The number of nitrogens with zero attached hydrogens (tertiary/aromatic N) is 4. The summed E-state index contributed by atoms with van der Waals surface area (Å²) in [7, 11) is 0. The molecule has 0 radical (unpaired) electrons. The van der Waals surface area contributed by atoms with Gasteiger partial charge in [0.1, 0.15) is 5.82 Å². The Kier molecular flexibility index (Phi) is 4.82. The fraction of sp³-hybridized carbons (Fsp3) is 0.300. The van der Waals surface area contributed by atoms with Gasteiger partial charge in [-0.2, -0.15) is 0 Å². The van der Waals surface area contributed by atoms with E-state index in [0.29, 0.717) is 25.5 Å². The van der Waals surface area contributed by atoms with E-state index in [4.69, 9.17) is 4.74 Å². The molecule has 1 fully saturated rings. The highest BCUT2D eigenvalue weighted by molar-refractivity contribution is 5.68. The molecule has 1 saturated heterocycles. The quantitative estimate of drug-likeness (QED) is 0.767. The second-order valence-electron chi connectivity index (χ2n) is 6.47. The van der Waals surface area contributed by atoms with Gasteiger partial charge in [0.25, 0.3) is 0 Å². The van der Waals surface area contributed by atoms with Gasteiger partial charge in [-0.05, 0) is 13.3 Å². The third-order valence-corrected chi connectivity index (χ3v) is 4.69. The number of imidazole rings is 1. The first kappa shape index (κ1) is 17.2. The number of hydrogen-bond donors (Lipinski definition) is 1. The summed E-state index contributed by atoms with van der Waals surface area (Å²) in [5.74, 6) is 1.76. The van der Waals surface area contributed by atoms with Gasteiger partial charge in [-0.25, -0.2) is 19.7 Å². The first-order chi connectivity index (χ1) is 13.2. The summed E-state index contributed by atoms with van der Waals surface area (Å²) in [4.78, 5) is 30.4. The van der Waals surface area contributed by atoms with Crippen molar-refractivity contribution in [3.63, 3.8) is 0 Å². The Hall–Kier alpha value is -3.22. The van der Waals surface area contributed by atoms with Gasteiger partial charge in [0.15, 0.2) is 5.82 Å². The van der Waals surface area contributed by atoms with Gasteiger partial charge in [0.2, 0.25) is 0 Å². The van der Waals surface area contributed by atoms with Crippen molar-refractivity contribution in [3.05, 3.63) is 54.7 Å². The lowest BCUT2D eigenvalue weighted by molar-refractivity contribution is 0.115. The normalized spacial score (nSPS) is 16.5. The van der Waals surface area contributed by atoms with E-state index >= 15 is 0 Å². The largest absolute Gasteiger partial charge is 0.450 e. The number of carbonyl (C=O) groups is 1.